The normalized spacial score (nSPS) is 20.5. The SMILES string of the molecule is COCC1CCN(Cc2ccc(CN)cc2Br)C1. The summed E-state index contributed by atoms with van der Waals surface area (Å²) >= 11 is 3.63. The molecule has 1 aliphatic rings. The molecule has 1 unspecified atom stereocenters. The third-order valence-corrected chi connectivity index (χ3v) is 4.26. The van der Waals surface area contributed by atoms with E-state index in [0.717, 1.165) is 19.7 Å². The summed E-state index contributed by atoms with van der Waals surface area (Å²) < 4.78 is 6.40. The molecule has 1 heterocycles. The molecule has 1 atom stereocenters. The first-order valence-electron chi connectivity index (χ1n) is 6.41. The third-order valence-electron chi connectivity index (χ3n) is 3.52. The van der Waals surface area contributed by atoms with Gasteiger partial charge in [0.2, 0.25) is 0 Å². The Kier molecular flexibility index (Phi) is 5.18. The number of benzene rings is 1. The Balaban J connectivity index is 1.94. The molecule has 0 radical (unpaired) electrons. The molecule has 1 fully saturated rings. The van der Waals surface area contributed by atoms with Crippen molar-refractivity contribution in [2.45, 2.75) is 19.5 Å². The van der Waals surface area contributed by atoms with E-state index in [2.05, 4.69) is 39.0 Å². The zero-order valence-electron chi connectivity index (χ0n) is 10.9. The number of likely N-dealkylation sites (tertiary alicyclic amines) is 1. The van der Waals surface area contributed by atoms with Crippen LogP contribution in [0.4, 0.5) is 0 Å². The quantitative estimate of drug-likeness (QED) is 0.907. The number of nitrogens with zero attached hydrogens (tertiary/aromatic N) is 1. The van der Waals surface area contributed by atoms with Gasteiger partial charge in [-0.15, -0.1) is 0 Å². The lowest BCUT2D eigenvalue weighted by Crippen LogP contribution is -2.21. The highest BCUT2D eigenvalue weighted by Crippen LogP contribution is 2.24. The highest BCUT2D eigenvalue weighted by molar-refractivity contribution is 9.10. The van der Waals surface area contributed by atoms with Gasteiger partial charge in [0.1, 0.15) is 0 Å². The molecule has 3 nitrogen and oxygen atoms in total. The second-order valence-corrected chi connectivity index (χ2v) is 5.83. The number of nitrogens with two attached hydrogens (primary N) is 1. The van der Waals surface area contributed by atoms with Crippen molar-refractivity contribution in [2.75, 3.05) is 26.8 Å². The predicted molar refractivity (Wildman–Crippen MR) is 77.3 cm³/mol. The molecule has 0 amide bonds. The summed E-state index contributed by atoms with van der Waals surface area (Å²) in [5, 5.41) is 0. The summed E-state index contributed by atoms with van der Waals surface area (Å²) in [6.07, 6.45) is 1.24. The van der Waals surface area contributed by atoms with Crippen LogP contribution in [-0.2, 0) is 17.8 Å². The maximum atomic E-state index is 5.64. The van der Waals surface area contributed by atoms with Crippen LogP contribution >= 0.6 is 15.9 Å². The fourth-order valence-electron chi connectivity index (χ4n) is 2.52. The lowest BCUT2D eigenvalue weighted by atomic mass is 10.1. The van der Waals surface area contributed by atoms with Crippen molar-refractivity contribution in [3.63, 3.8) is 0 Å². The number of methoxy groups -OCH3 is 1. The second-order valence-electron chi connectivity index (χ2n) is 4.98. The molecule has 0 aliphatic carbocycles. The molecule has 1 aromatic rings. The lowest BCUT2D eigenvalue weighted by Gasteiger charge is -2.17. The zero-order valence-corrected chi connectivity index (χ0v) is 12.4. The average molecular weight is 313 g/mol. The second kappa shape index (κ2) is 6.66. The number of hydrogen-bond donors (Lipinski definition) is 1. The number of ether oxygens (including phenoxy) is 1. The molecule has 100 valence electrons. The van der Waals surface area contributed by atoms with Gasteiger partial charge in [-0.1, -0.05) is 28.1 Å². The highest BCUT2D eigenvalue weighted by atomic mass is 79.9. The Morgan fingerprint density at radius 3 is 3.00 bits per heavy atom. The minimum atomic E-state index is 0.596. The van der Waals surface area contributed by atoms with Crippen molar-refractivity contribution in [2.24, 2.45) is 11.7 Å². The van der Waals surface area contributed by atoms with E-state index in [4.69, 9.17) is 10.5 Å². The van der Waals surface area contributed by atoms with E-state index in [0.29, 0.717) is 12.5 Å². The number of rotatable bonds is 5. The van der Waals surface area contributed by atoms with Crippen molar-refractivity contribution in [3.05, 3.63) is 33.8 Å². The molecule has 18 heavy (non-hydrogen) atoms. The molecular weight excluding hydrogens is 292 g/mol. The molecule has 4 heteroatoms. The molecule has 0 bridgehead atoms. The molecule has 0 aromatic heterocycles. The van der Waals surface area contributed by atoms with Crippen LogP contribution in [0.2, 0.25) is 0 Å². The summed E-state index contributed by atoms with van der Waals surface area (Å²) in [7, 11) is 1.78. The zero-order chi connectivity index (χ0) is 13.0. The van der Waals surface area contributed by atoms with Crippen molar-refractivity contribution < 1.29 is 4.74 Å². The lowest BCUT2D eigenvalue weighted by molar-refractivity contribution is 0.152. The van der Waals surface area contributed by atoms with Gasteiger partial charge in [0.15, 0.2) is 0 Å². The van der Waals surface area contributed by atoms with Crippen LogP contribution in [0, 0.1) is 5.92 Å². The van der Waals surface area contributed by atoms with Crippen LogP contribution in [0.25, 0.3) is 0 Å². The molecule has 1 aromatic carbocycles. The summed E-state index contributed by atoms with van der Waals surface area (Å²) in [4.78, 5) is 2.49. The monoisotopic (exact) mass is 312 g/mol. The van der Waals surface area contributed by atoms with Crippen molar-refractivity contribution >= 4 is 15.9 Å². The fraction of sp³-hybridized carbons (Fsp3) is 0.571. The van der Waals surface area contributed by atoms with E-state index in [9.17, 15) is 0 Å². The van der Waals surface area contributed by atoms with Gasteiger partial charge in [0.05, 0.1) is 6.61 Å². The van der Waals surface area contributed by atoms with Crippen LogP contribution in [0.15, 0.2) is 22.7 Å². The summed E-state index contributed by atoms with van der Waals surface area (Å²) in [6, 6.07) is 6.41. The van der Waals surface area contributed by atoms with Crippen LogP contribution in [-0.4, -0.2) is 31.7 Å². The van der Waals surface area contributed by atoms with Gasteiger partial charge < -0.3 is 10.5 Å². The molecule has 0 saturated carbocycles. The molecule has 0 spiro atoms. The van der Waals surface area contributed by atoms with Crippen molar-refractivity contribution in [1.82, 2.24) is 4.90 Å². The largest absolute Gasteiger partial charge is 0.384 e. The Bertz CT molecular complexity index is 397. The van der Waals surface area contributed by atoms with E-state index in [1.54, 1.807) is 7.11 Å². The van der Waals surface area contributed by atoms with Gasteiger partial charge in [-0.05, 0) is 36.1 Å². The third kappa shape index (κ3) is 3.54. The van der Waals surface area contributed by atoms with Gasteiger partial charge in [0.25, 0.3) is 0 Å². The van der Waals surface area contributed by atoms with Gasteiger partial charge in [-0.2, -0.15) is 0 Å². The molecule has 1 saturated heterocycles. The van der Waals surface area contributed by atoms with Crippen LogP contribution in [0.5, 0.6) is 0 Å². The minimum absolute atomic E-state index is 0.596. The highest BCUT2D eigenvalue weighted by Gasteiger charge is 2.22. The van der Waals surface area contributed by atoms with E-state index in [1.165, 1.54) is 28.6 Å². The maximum absolute atomic E-state index is 5.64. The molecule has 2 rings (SSSR count). The standard InChI is InChI=1S/C14H21BrN2O/c1-18-10-12-4-5-17(8-12)9-13-3-2-11(7-16)6-14(13)15/h2-3,6,12H,4-5,7-10,16H2,1H3. The topological polar surface area (TPSA) is 38.5 Å². The molecule has 1 aliphatic heterocycles. The first-order valence-corrected chi connectivity index (χ1v) is 7.21. The Morgan fingerprint density at radius 1 is 1.50 bits per heavy atom. The Labute approximate surface area is 117 Å². The van der Waals surface area contributed by atoms with E-state index < -0.39 is 0 Å². The van der Waals surface area contributed by atoms with Crippen LogP contribution < -0.4 is 5.73 Å². The van der Waals surface area contributed by atoms with Gasteiger partial charge in [0, 0.05) is 31.2 Å². The van der Waals surface area contributed by atoms with Crippen LogP contribution in [0.3, 0.4) is 0 Å². The van der Waals surface area contributed by atoms with E-state index >= 15 is 0 Å². The van der Waals surface area contributed by atoms with E-state index in [-0.39, 0.29) is 0 Å². The molecular formula is C14H21BrN2O. The Hall–Kier alpha value is -0.420. The van der Waals surface area contributed by atoms with Crippen LogP contribution in [0.1, 0.15) is 17.5 Å². The van der Waals surface area contributed by atoms with Crippen molar-refractivity contribution in [3.8, 4) is 0 Å². The van der Waals surface area contributed by atoms with Gasteiger partial charge >= 0.3 is 0 Å². The number of hydrogen-bond acceptors (Lipinski definition) is 3. The molecule has 2 N–H and O–H groups in total. The van der Waals surface area contributed by atoms with Gasteiger partial charge in [-0.3, -0.25) is 4.90 Å². The van der Waals surface area contributed by atoms with Crippen molar-refractivity contribution in [1.29, 1.82) is 0 Å². The summed E-state index contributed by atoms with van der Waals surface area (Å²) in [5.41, 5.74) is 8.15. The summed E-state index contributed by atoms with van der Waals surface area (Å²) in [5.74, 6) is 0.692. The maximum Gasteiger partial charge on any atom is 0.0503 e. The van der Waals surface area contributed by atoms with E-state index in [1.807, 2.05) is 0 Å². The smallest absolute Gasteiger partial charge is 0.0503 e. The Morgan fingerprint density at radius 2 is 2.33 bits per heavy atom. The summed E-state index contributed by atoms with van der Waals surface area (Å²) in [6.45, 7) is 4.78. The minimum Gasteiger partial charge on any atom is -0.384 e. The average Bonchev–Trinajstić information content (AvgIpc) is 2.80. The predicted octanol–water partition coefficient (Wildman–Crippen LogP) is 2.38. The first kappa shape index (κ1) is 14.0. The fourth-order valence-corrected chi connectivity index (χ4v) is 3.07. The first-order chi connectivity index (χ1) is 8.72. The number of halogens is 1. The van der Waals surface area contributed by atoms with Gasteiger partial charge in [-0.25, -0.2) is 0 Å².